The molecule has 0 radical (unpaired) electrons. The minimum atomic E-state index is -0.473. The van der Waals surface area contributed by atoms with Crippen molar-refractivity contribution in [1.82, 2.24) is 9.88 Å². The Morgan fingerprint density at radius 3 is 2.69 bits per heavy atom. The van der Waals surface area contributed by atoms with E-state index in [-0.39, 0.29) is 23.2 Å². The number of rotatable bonds is 3. The number of piperidine rings is 1. The lowest BCUT2D eigenvalue weighted by molar-refractivity contribution is -0.0396. The zero-order chi connectivity index (χ0) is 18.0. The summed E-state index contributed by atoms with van der Waals surface area (Å²) in [7, 11) is 0. The molecule has 2 aliphatic rings. The number of hydrogen-bond donors (Lipinski definition) is 0. The van der Waals surface area contributed by atoms with Gasteiger partial charge in [-0.2, -0.15) is 0 Å². The van der Waals surface area contributed by atoms with Crippen LogP contribution in [0.25, 0.3) is 0 Å². The number of amides is 1. The van der Waals surface area contributed by atoms with Crippen LogP contribution >= 0.6 is 0 Å². The zero-order valence-corrected chi connectivity index (χ0v) is 14.4. The predicted octanol–water partition coefficient (Wildman–Crippen LogP) is 3.06. The first kappa shape index (κ1) is 17.0. The Morgan fingerprint density at radius 1 is 1.19 bits per heavy atom. The van der Waals surface area contributed by atoms with Crippen molar-refractivity contribution in [1.29, 1.82) is 0 Å². The van der Waals surface area contributed by atoms with Crippen molar-refractivity contribution in [2.24, 2.45) is 0 Å². The molecule has 0 bridgehead atoms. The molecule has 1 spiro atoms. The van der Waals surface area contributed by atoms with Crippen LogP contribution in [0.2, 0.25) is 0 Å². The molecule has 5 nitrogen and oxygen atoms in total. The number of pyridine rings is 1. The molecule has 1 amide bonds. The SMILES string of the molecule is O=C(c1ccccc1F)N1CCC2(CC1)C[C@H](Oc1ccccn1)CO2. The van der Waals surface area contributed by atoms with E-state index >= 15 is 0 Å². The third-order valence-corrected chi connectivity index (χ3v) is 5.17. The molecule has 0 unspecified atom stereocenters. The van der Waals surface area contributed by atoms with Crippen molar-refractivity contribution >= 4 is 5.91 Å². The molecule has 2 aromatic rings. The van der Waals surface area contributed by atoms with Gasteiger partial charge < -0.3 is 14.4 Å². The topological polar surface area (TPSA) is 51.7 Å². The van der Waals surface area contributed by atoms with Gasteiger partial charge in [-0.15, -0.1) is 0 Å². The first-order valence-corrected chi connectivity index (χ1v) is 8.91. The highest BCUT2D eigenvalue weighted by atomic mass is 19.1. The number of likely N-dealkylation sites (tertiary alicyclic amines) is 1. The zero-order valence-electron chi connectivity index (χ0n) is 14.4. The summed E-state index contributed by atoms with van der Waals surface area (Å²) < 4.78 is 25.8. The van der Waals surface area contributed by atoms with Gasteiger partial charge in [-0.1, -0.05) is 18.2 Å². The Hall–Kier alpha value is -2.47. The Kier molecular flexibility index (Phi) is 4.59. The number of halogens is 1. The molecule has 3 heterocycles. The van der Waals surface area contributed by atoms with Crippen LogP contribution in [0.15, 0.2) is 48.7 Å². The lowest BCUT2D eigenvalue weighted by Gasteiger charge is -2.38. The van der Waals surface area contributed by atoms with E-state index in [9.17, 15) is 9.18 Å². The van der Waals surface area contributed by atoms with Gasteiger partial charge in [-0.25, -0.2) is 9.37 Å². The molecule has 0 N–H and O–H groups in total. The maximum absolute atomic E-state index is 13.9. The summed E-state index contributed by atoms with van der Waals surface area (Å²) in [4.78, 5) is 18.4. The smallest absolute Gasteiger partial charge is 0.256 e. The predicted molar refractivity (Wildman–Crippen MR) is 93.5 cm³/mol. The number of aromatic nitrogens is 1. The summed E-state index contributed by atoms with van der Waals surface area (Å²) in [5.74, 6) is -0.124. The van der Waals surface area contributed by atoms with Gasteiger partial charge in [-0.05, 0) is 31.0 Å². The van der Waals surface area contributed by atoms with Gasteiger partial charge in [0.15, 0.2) is 0 Å². The van der Waals surface area contributed by atoms with Crippen LogP contribution in [0.3, 0.4) is 0 Å². The average Bonchev–Trinajstić information content (AvgIpc) is 3.05. The Bertz CT molecular complexity index is 776. The fraction of sp³-hybridized carbons (Fsp3) is 0.400. The van der Waals surface area contributed by atoms with Crippen molar-refractivity contribution < 1.29 is 18.7 Å². The van der Waals surface area contributed by atoms with Crippen LogP contribution in [-0.2, 0) is 4.74 Å². The minimum absolute atomic E-state index is 0.0290. The van der Waals surface area contributed by atoms with Crippen LogP contribution in [-0.4, -0.2) is 47.2 Å². The Morgan fingerprint density at radius 2 is 1.96 bits per heavy atom. The number of benzene rings is 1. The van der Waals surface area contributed by atoms with E-state index in [1.165, 1.54) is 12.1 Å². The maximum atomic E-state index is 13.9. The molecule has 136 valence electrons. The summed E-state index contributed by atoms with van der Waals surface area (Å²) in [5, 5.41) is 0. The monoisotopic (exact) mass is 356 g/mol. The van der Waals surface area contributed by atoms with Gasteiger partial charge in [0.05, 0.1) is 17.8 Å². The molecular formula is C20H21FN2O3. The summed E-state index contributed by atoms with van der Waals surface area (Å²) in [6.45, 7) is 1.64. The van der Waals surface area contributed by atoms with Crippen LogP contribution in [0.5, 0.6) is 5.88 Å². The van der Waals surface area contributed by atoms with Crippen molar-refractivity contribution in [3.63, 3.8) is 0 Å². The number of carbonyl (C=O) groups is 1. The van der Waals surface area contributed by atoms with Crippen molar-refractivity contribution in [3.05, 3.63) is 60.0 Å². The molecule has 1 aromatic heterocycles. The fourth-order valence-electron chi connectivity index (χ4n) is 3.74. The van der Waals surface area contributed by atoms with Gasteiger partial charge in [0.2, 0.25) is 5.88 Å². The second-order valence-electron chi connectivity index (χ2n) is 6.88. The first-order valence-electron chi connectivity index (χ1n) is 8.91. The summed E-state index contributed by atoms with van der Waals surface area (Å²) in [6, 6.07) is 11.7. The van der Waals surface area contributed by atoms with Crippen LogP contribution in [0, 0.1) is 5.82 Å². The van der Waals surface area contributed by atoms with Gasteiger partial charge in [0, 0.05) is 31.8 Å². The number of carbonyl (C=O) groups excluding carboxylic acids is 1. The second-order valence-corrected chi connectivity index (χ2v) is 6.88. The van der Waals surface area contributed by atoms with Gasteiger partial charge in [0.25, 0.3) is 5.91 Å². The van der Waals surface area contributed by atoms with E-state index < -0.39 is 5.82 Å². The van der Waals surface area contributed by atoms with Crippen LogP contribution in [0.4, 0.5) is 4.39 Å². The number of nitrogens with zero attached hydrogens (tertiary/aromatic N) is 2. The quantitative estimate of drug-likeness (QED) is 0.848. The largest absolute Gasteiger partial charge is 0.472 e. The average molecular weight is 356 g/mol. The molecule has 26 heavy (non-hydrogen) atoms. The van der Waals surface area contributed by atoms with Crippen molar-refractivity contribution in [2.45, 2.75) is 31.0 Å². The lowest BCUT2D eigenvalue weighted by atomic mass is 9.87. The summed E-state index contributed by atoms with van der Waals surface area (Å²) >= 11 is 0. The van der Waals surface area contributed by atoms with Crippen LogP contribution in [0.1, 0.15) is 29.6 Å². The van der Waals surface area contributed by atoms with Crippen LogP contribution < -0.4 is 4.74 Å². The van der Waals surface area contributed by atoms with E-state index in [0.29, 0.717) is 25.6 Å². The Labute approximate surface area is 151 Å². The molecular weight excluding hydrogens is 335 g/mol. The highest BCUT2D eigenvalue weighted by Gasteiger charge is 2.44. The third-order valence-electron chi connectivity index (χ3n) is 5.17. The van der Waals surface area contributed by atoms with E-state index in [1.54, 1.807) is 23.2 Å². The Balaban J connectivity index is 1.35. The number of ether oxygens (including phenoxy) is 2. The van der Waals surface area contributed by atoms with Crippen molar-refractivity contribution in [3.8, 4) is 5.88 Å². The molecule has 2 aliphatic heterocycles. The molecule has 6 heteroatoms. The molecule has 1 aromatic carbocycles. The highest BCUT2D eigenvalue weighted by Crippen LogP contribution is 2.37. The second kappa shape index (κ2) is 7.03. The number of hydrogen-bond acceptors (Lipinski definition) is 4. The molecule has 2 saturated heterocycles. The minimum Gasteiger partial charge on any atom is -0.472 e. The highest BCUT2D eigenvalue weighted by molar-refractivity contribution is 5.94. The van der Waals surface area contributed by atoms with E-state index in [4.69, 9.17) is 9.47 Å². The van der Waals surface area contributed by atoms with Gasteiger partial charge >= 0.3 is 0 Å². The third kappa shape index (κ3) is 3.42. The molecule has 0 saturated carbocycles. The normalized spacial score (nSPS) is 21.7. The first-order chi connectivity index (χ1) is 12.7. The summed E-state index contributed by atoms with van der Waals surface area (Å²) in [6.07, 6.45) is 3.92. The van der Waals surface area contributed by atoms with E-state index in [1.807, 2.05) is 18.2 Å². The summed E-state index contributed by atoms with van der Waals surface area (Å²) in [5.41, 5.74) is -0.127. The van der Waals surface area contributed by atoms with Gasteiger partial charge in [-0.3, -0.25) is 4.79 Å². The van der Waals surface area contributed by atoms with E-state index in [2.05, 4.69) is 4.98 Å². The fourth-order valence-corrected chi connectivity index (χ4v) is 3.74. The molecule has 2 fully saturated rings. The lowest BCUT2D eigenvalue weighted by Crippen LogP contribution is -2.46. The van der Waals surface area contributed by atoms with E-state index in [0.717, 1.165) is 19.3 Å². The molecule has 4 rings (SSSR count). The standard InChI is InChI=1S/C20H21FN2O3/c21-17-6-2-1-5-16(17)19(24)23-11-8-20(9-12-23)13-15(14-25-20)26-18-7-3-4-10-22-18/h1-7,10,15H,8-9,11-14H2/t15-/m0/s1. The molecule has 0 aliphatic carbocycles. The molecule has 1 atom stereocenters. The maximum Gasteiger partial charge on any atom is 0.256 e. The van der Waals surface area contributed by atoms with Gasteiger partial charge in [0.1, 0.15) is 11.9 Å². The van der Waals surface area contributed by atoms with Crippen molar-refractivity contribution in [2.75, 3.05) is 19.7 Å².